The second-order valence-electron chi connectivity index (χ2n) is 4.15. The van der Waals surface area contributed by atoms with Crippen LogP contribution in [0.25, 0.3) is 0 Å². The van der Waals surface area contributed by atoms with Crippen LogP contribution in [0.4, 0.5) is 11.5 Å². The molecule has 0 fully saturated rings. The molecule has 16 heavy (non-hydrogen) atoms. The SMILES string of the molecule is CCN(CCCN(C)C)c1ncccc1N. The molecule has 0 amide bonds. The van der Waals surface area contributed by atoms with Gasteiger partial charge in [0.2, 0.25) is 0 Å². The molecule has 0 unspecified atom stereocenters. The minimum Gasteiger partial charge on any atom is -0.396 e. The van der Waals surface area contributed by atoms with Crippen LogP contribution in [0.15, 0.2) is 18.3 Å². The number of nitrogens with two attached hydrogens (primary N) is 1. The summed E-state index contributed by atoms with van der Waals surface area (Å²) in [5, 5.41) is 0. The Bertz CT molecular complexity index is 312. The lowest BCUT2D eigenvalue weighted by Gasteiger charge is -2.23. The zero-order valence-electron chi connectivity index (χ0n) is 10.5. The molecule has 2 N–H and O–H groups in total. The van der Waals surface area contributed by atoms with Gasteiger partial charge in [-0.25, -0.2) is 4.98 Å². The Hall–Kier alpha value is -1.29. The Morgan fingerprint density at radius 2 is 2.06 bits per heavy atom. The second kappa shape index (κ2) is 6.33. The molecule has 4 heteroatoms. The first-order valence-corrected chi connectivity index (χ1v) is 5.75. The molecule has 1 aromatic heterocycles. The van der Waals surface area contributed by atoms with Gasteiger partial charge in [-0.1, -0.05) is 0 Å². The molecule has 1 aromatic rings. The molecule has 0 bridgehead atoms. The number of pyridine rings is 1. The third kappa shape index (κ3) is 3.70. The number of aromatic nitrogens is 1. The smallest absolute Gasteiger partial charge is 0.151 e. The van der Waals surface area contributed by atoms with E-state index in [4.69, 9.17) is 5.73 Å². The standard InChI is InChI=1S/C12H22N4/c1-4-16(10-6-9-15(2)3)12-11(13)7-5-8-14-12/h5,7-8H,4,6,9-10,13H2,1-3H3. The van der Waals surface area contributed by atoms with Gasteiger partial charge in [0.15, 0.2) is 5.82 Å². The molecular formula is C12H22N4. The van der Waals surface area contributed by atoms with E-state index in [2.05, 4.69) is 35.8 Å². The van der Waals surface area contributed by atoms with E-state index < -0.39 is 0 Å². The van der Waals surface area contributed by atoms with Crippen molar-refractivity contribution in [2.75, 3.05) is 44.4 Å². The van der Waals surface area contributed by atoms with E-state index in [1.165, 1.54) is 0 Å². The van der Waals surface area contributed by atoms with Crippen LogP contribution in [-0.4, -0.2) is 43.6 Å². The number of hydrogen-bond donors (Lipinski definition) is 1. The largest absolute Gasteiger partial charge is 0.396 e. The normalized spacial score (nSPS) is 10.8. The number of hydrogen-bond acceptors (Lipinski definition) is 4. The maximum absolute atomic E-state index is 5.91. The maximum Gasteiger partial charge on any atom is 0.151 e. The van der Waals surface area contributed by atoms with E-state index in [1.807, 2.05) is 12.1 Å². The van der Waals surface area contributed by atoms with Crippen LogP contribution < -0.4 is 10.6 Å². The summed E-state index contributed by atoms with van der Waals surface area (Å²) in [4.78, 5) is 8.75. The highest BCUT2D eigenvalue weighted by molar-refractivity contribution is 5.61. The van der Waals surface area contributed by atoms with Crippen molar-refractivity contribution >= 4 is 11.5 Å². The van der Waals surface area contributed by atoms with Gasteiger partial charge < -0.3 is 15.5 Å². The van der Waals surface area contributed by atoms with Crippen molar-refractivity contribution < 1.29 is 0 Å². The van der Waals surface area contributed by atoms with Gasteiger partial charge >= 0.3 is 0 Å². The third-order valence-electron chi connectivity index (χ3n) is 2.53. The molecule has 0 saturated heterocycles. The first-order chi connectivity index (χ1) is 7.65. The topological polar surface area (TPSA) is 45.4 Å². The van der Waals surface area contributed by atoms with Crippen LogP contribution in [0.1, 0.15) is 13.3 Å². The molecule has 90 valence electrons. The predicted molar refractivity (Wildman–Crippen MR) is 69.7 cm³/mol. The van der Waals surface area contributed by atoms with Crippen LogP contribution in [-0.2, 0) is 0 Å². The molecule has 1 heterocycles. The number of nitrogens with zero attached hydrogens (tertiary/aromatic N) is 3. The van der Waals surface area contributed by atoms with E-state index in [9.17, 15) is 0 Å². The summed E-state index contributed by atoms with van der Waals surface area (Å²) in [5.41, 5.74) is 6.67. The Kier molecular flexibility index (Phi) is 5.05. The molecule has 0 spiro atoms. The van der Waals surface area contributed by atoms with E-state index in [0.717, 1.165) is 37.6 Å². The van der Waals surface area contributed by atoms with Gasteiger partial charge in [0.1, 0.15) is 0 Å². The highest BCUT2D eigenvalue weighted by atomic mass is 15.2. The summed E-state index contributed by atoms with van der Waals surface area (Å²) in [6.45, 7) is 5.15. The van der Waals surface area contributed by atoms with Gasteiger partial charge in [0.25, 0.3) is 0 Å². The summed E-state index contributed by atoms with van der Waals surface area (Å²) >= 11 is 0. The molecular weight excluding hydrogens is 200 g/mol. The van der Waals surface area contributed by atoms with Crippen LogP contribution in [0.2, 0.25) is 0 Å². The van der Waals surface area contributed by atoms with Gasteiger partial charge in [-0.2, -0.15) is 0 Å². The predicted octanol–water partition coefficient (Wildman–Crippen LogP) is 1.44. The first kappa shape index (κ1) is 12.8. The summed E-state index contributed by atoms with van der Waals surface area (Å²) in [5.74, 6) is 0.906. The summed E-state index contributed by atoms with van der Waals surface area (Å²) in [7, 11) is 4.18. The van der Waals surface area contributed by atoms with E-state index in [0.29, 0.717) is 0 Å². The van der Waals surface area contributed by atoms with Crippen molar-refractivity contribution in [3.05, 3.63) is 18.3 Å². The average molecular weight is 222 g/mol. The second-order valence-corrected chi connectivity index (χ2v) is 4.15. The molecule has 0 aliphatic rings. The van der Waals surface area contributed by atoms with E-state index >= 15 is 0 Å². The highest BCUT2D eigenvalue weighted by Gasteiger charge is 2.08. The molecule has 1 rings (SSSR count). The molecule has 0 radical (unpaired) electrons. The van der Waals surface area contributed by atoms with Crippen LogP contribution >= 0.6 is 0 Å². The van der Waals surface area contributed by atoms with Gasteiger partial charge in [0.05, 0.1) is 5.69 Å². The molecule has 0 atom stereocenters. The summed E-state index contributed by atoms with van der Waals surface area (Å²) in [6.07, 6.45) is 2.91. The quantitative estimate of drug-likeness (QED) is 0.791. The van der Waals surface area contributed by atoms with Crippen molar-refractivity contribution in [1.82, 2.24) is 9.88 Å². The van der Waals surface area contributed by atoms with Crippen molar-refractivity contribution in [3.8, 4) is 0 Å². The number of rotatable bonds is 6. The van der Waals surface area contributed by atoms with Crippen molar-refractivity contribution in [2.45, 2.75) is 13.3 Å². The van der Waals surface area contributed by atoms with Gasteiger partial charge in [-0.3, -0.25) is 0 Å². The Morgan fingerprint density at radius 3 is 2.62 bits per heavy atom. The van der Waals surface area contributed by atoms with Crippen LogP contribution in [0.5, 0.6) is 0 Å². The zero-order chi connectivity index (χ0) is 12.0. The minimum atomic E-state index is 0.759. The lowest BCUT2D eigenvalue weighted by Crippen LogP contribution is -2.28. The fraction of sp³-hybridized carbons (Fsp3) is 0.583. The number of nitrogen functional groups attached to an aromatic ring is 1. The van der Waals surface area contributed by atoms with E-state index in [-0.39, 0.29) is 0 Å². The van der Waals surface area contributed by atoms with Crippen molar-refractivity contribution in [2.24, 2.45) is 0 Å². The molecule has 0 aliphatic carbocycles. The van der Waals surface area contributed by atoms with Crippen molar-refractivity contribution in [1.29, 1.82) is 0 Å². The highest BCUT2D eigenvalue weighted by Crippen LogP contribution is 2.18. The third-order valence-corrected chi connectivity index (χ3v) is 2.53. The zero-order valence-corrected chi connectivity index (χ0v) is 10.5. The maximum atomic E-state index is 5.91. The minimum absolute atomic E-state index is 0.759. The Balaban J connectivity index is 2.57. The lowest BCUT2D eigenvalue weighted by atomic mass is 10.3. The fourth-order valence-corrected chi connectivity index (χ4v) is 1.67. The van der Waals surface area contributed by atoms with Gasteiger partial charge in [0, 0.05) is 19.3 Å². The Labute approximate surface area is 98.1 Å². The molecule has 0 saturated carbocycles. The van der Waals surface area contributed by atoms with E-state index in [1.54, 1.807) is 6.20 Å². The molecule has 0 aromatic carbocycles. The molecule has 0 aliphatic heterocycles. The van der Waals surface area contributed by atoms with Crippen LogP contribution in [0, 0.1) is 0 Å². The van der Waals surface area contributed by atoms with Crippen LogP contribution in [0.3, 0.4) is 0 Å². The Morgan fingerprint density at radius 1 is 1.31 bits per heavy atom. The summed E-state index contributed by atoms with van der Waals surface area (Å²) < 4.78 is 0. The fourth-order valence-electron chi connectivity index (χ4n) is 1.67. The number of anilines is 2. The van der Waals surface area contributed by atoms with Gasteiger partial charge in [-0.05, 0) is 46.1 Å². The average Bonchev–Trinajstić information content (AvgIpc) is 2.25. The van der Waals surface area contributed by atoms with Crippen molar-refractivity contribution in [3.63, 3.8) is 0 Å². The monoisotopic (exact) mass is 222 g/mol. The molecule has 4 nitrogen and oxygen atoms in total. The van der Waals surface area contributed by atoms with Gasteiger partial charge in [-0.15, -0.1) is 0 Å². The first-order valence-electron chi connectivity index (χ1n) is 5.75. The lowest BCUT2D eigenvalue weighted by molar-refractivity contribution is 0.400. The summed E-state index contributed by atoms with van der Waals surface area (Å²) in [6, 6.07) is 3.77.